The summed E-state index contributed by atoms with van der Waals surface area (Å²) in [4.78, 5) is 25.6. The van der Waals surface area contributed by atoms with Crippen molar-refractivity contribution in [3.63, 3.8) is 0 Å². The minimum absolute atomic E-state index is 0.00239. The van der Waals surface area contributed by atoms with Crippen molar-refractivity contribution in [3.8, 4) is 0 Å². The predicted octanol–water partition coefficient (Wildman–Crippen LogP) is 0.112. The Hall–Kier alpha value is -1.14. The highest BCUT2D eigenvalue weighted by Crippen LogP contribution is 2.13. The number of hydrogen-bond donors (Lipinski definition) is 2. The third-order valence-corrected chi connectivity index (χ3v) is 3.57. The summed E-state index contributed by atoms with van der Waals surface area (Å²) in [6.45, 7) is 8.91. The molecule has 0 saturated carbocycles. The lowest BCUT2D eigenvalue weighted by molar-refractivity contribution is -0.144. The van der Waals surface area contributed by atoms with Crippen LogP contribution >= 0.6 is 0 Å². The van der Waals surface area contributed by atoms with Crippen molar-refractivity contribution in [1.82, 2.24) is 10.2 Å². The summed E-state index contributed by atoms with van der Waals surface area (Å²) in [5.74, 6) is -0.303. The molecule has 20 heavy (non-hydrogen) atoms. The molecular formula is C14H27N3O3. The first-order chi connectivity index (χ1) is 9.35. The van der Waals surface area contributed by atoms with Crippen LogP contribution in [0, 0.1) is 5.92 Å². The van der Waals surface area contributed by atoms with Crippen LogP contribution in [0.2, 0.25) is 0 Å². The molecule has 116 valence electrons. The fourth-order valence-electron chi connectivity index (χ4n) is 2.17. The predicted molar refractivity (Wildman–Crippen MR) is 77.0 cm³/mol. The Morgan fingerprint density at radius 1 is 1.40 bits per heavy atom. The van der Waals surface area contributed by atoms with Gasteiger partial charge >= 0.3 is 0 Å². The van der Waals surface area contributed by atoms with Crippen LogP contribution in [0.15, 0.2) is 0 Å². The van der Waals surface area contributed by atoms with Gasteiger partial charge in [-0.2, -0.15) is 0 Å². The van der Waals surface area contributed by atoms with Crippen LogP contribution in [0.25, 0.3) is 0 Å². The van der Waals surface area contributed by atoms with Crippen molar-refractivity contribution in [3.05, 3.63) is 0 Å². The number of hydrogen-bond acceptors (Lipinski definition) is 4. The van der Waals surface area contributed by atoms with Crippen LogP contribution < -0.4 is 11.1 Å². The number of nitrogens with two attached hydrogens (primary N) is 1. The van der Waals surface area contributed by atoms with E-state index in [9.17, 15) is 9.59 Å². The van der Waals surface area contributed by atoms with Crippen LogP contribution in [-0.4, -0.2) is 54.6 Å². The van der Waals surface area contributed by atoms with Gasteiger partial charge in [0.15, 0.2) is 0 Å². The van der Waals surface area contributed by atoms with Gasteiger partial charge in [-0.15, -0.1) is 0 Å². The van der Waals surface area contributed by atoms with Crippen molar-refractivity contribution in [2.24, 2.45) is 11.7 Å². The average molecular weight is 285 g/mol. The van der Waals surface area contributed by atoms with Crippen molar-refractivity contribution >= 4 is 11.8 Å². The average Bonchev–Trinajstić information content (AvgIpc) is 2.42. The van der Waals surface area contributed by atoms with Crippen LogP contribution in [0.5, 0.6) is 0 Å². The Labute approximate surface area is 121 Å². The zero-order valence-corrected chi connectivity index (χ0v) is 12.9. The number of rotatable bonds is 5. The number of carbonyl (C=O) groups excluding carboxylic acids is 2. The standard InChI is InChI=1S/C14H27N3O3/c1-5-11-8-17(7-10(4)20-11)12(18)6-16-14(19)13(15)9(2)3/h9-11,13H,5-8,15H2,1-4H3,(H,16,19)/t10?,11?,13-/m0/s1. The Bertz CT molecular complexity index is 347. The van der Waals surface area contributed by atoms with Gasteiger partial charge < -0.3 is 20.7 Å². The molecule has 3 N–H and O–H groups in total. The molecule has 0 aromatic heterocycles. The van der Waals surface area contributed by atoms with Crippen molar-refractivity contribution in [1.29, 1.82) is 0 Å². The Morgan fingerprint density at radius 3 is 2.60 bits per heavy atom. The van der Waals surface area contributed by atoms with E-state index >= 15 is 0 Å². The summed E-state index contributed by atoms with van der Waals surface area (Å²) >= 11 is 0. The lowest BCUT2D eigenvalue weighted by Gasteiger charge is -2.36. The van der Waals surface area contributed by atoms with Gasteiger partial charge in [0.25, 0.3) is 0 Å². The Kier molecular flexibility index (Phi) is 6.42. The van der Waals surface area contributed by atoms with Crippen LogP contribution in [0.1, 0.15) is 34.1 Å². The fraction of sp³-hybridized carbons (Fsp3) is 0.857. The van der Waals surface area contributed by atoms with E-state index in [0.29, 0.717) is 13.1 Å². The maximum absolute atomic E-state index is 12.1. The van der Waals surface area contributed by atoms with Gasteiger partial charge in [-0.3, -0.25) is 9.59 Å². The first kappa shape index (κ1) is 16.9. The highest BCUT2D eigenvalue weighted by molar-refractivity contribution is 5.87. The Morgan fingerprint density at radius 2 is 2.05 bits per heavy atom. The molecule has 0 radical (unpaired) electrons. The normalized spacial score (nSPS) is 24.6. The summed E-state index contributed by atoms with van der Waals surface area (Å²) in [6, 6.07) is -0.574. The minimum Gasteiger partial charge on any atom is -0.372 e. The third-order valence-electron chi connectivity index (χ3n) is 3.57. The zero-order chi connectivity index (χ0) is 15.3. The zero-order valence-electron chi connectivity index (χ0n) is 12.9. The number of carbonyl (C=O) groups is 2. The summed E-state index contributed by atoms with van der Waals surface area (Å²) in [6.07, 6.45) is 0.987. The molecule has 1 aliphatic rings. The topological polar surface area (TPSA) is 84.7 Å². The molecule has 0 spiro atoms. The van der Waals surface area contributed by atoms with E-state index in [1.807, 2.05) is 27.7 Å². The highest BCUT2D eigenvalue weighted by atomic mass is 16.5. The highest BCUT2D eigenvalue weighted by Gasteiger charge is 2.27. The molecule has 0 aromatic rings. The smallest absolute Gasteiger partial charge is 0.242 e. The molecule has 6 heteroatoms. The number of ether oxygens (including phenoxy) is 1. The molecular weight excluding hydrogens is 258 g/mol. The SMILES string of the molecule is CCC1CN(C(=O)CNC(=O)[C@@H](N)C(C)C)CC(C)O1. The largest absolute Gasteiger partial charge is 0.372 e. The summed E-state index contributed by atoms with van der Waals surface area (Å²) < 4.78 is 5.71. The maximum Gasteiger partial charge on any atom is 0.242 e. The monoisotopic (exact) mass is 285 g/mol. The van der Waals surface area contributed by atoms with E-state index in [-0.39, 0.29) is 36.5 Å². The lowest BCUT2D eigenvalue weighted by atomic mass is 10.1. The Balaban J connectivity index is 2.44. The number of amides is 2. The van der Waals surface area contributed by atoms with Gasteiger partial charge in [-0.1, -0.05) is 20.8 Å². The maximum atomic E-state index is 12.1. The molecule has 1 heterocycles. The minimum atomic E-state index is -0.574. The number of nitrogens with zero attached hydrogens (tertiary/aromatic N) is 1. The van der Waals surface area contributed by atoms with Crippen LogP contribution in [-0.2, 0) is 14.3 Å². The molecule has 0 bridgehead atoms. The summed E-state index contributed by atoms with van der Waals surface area (Å²) in [5, 5.41) is 2.61. The van der Waals surface area contributed by atoms with Gasteiger partial charge in [-0.05, 0) is 19.3 Å². The summed E-state index contributed by atoms with van der Waals surface area (Å²) in [5.41, 5.74) is 5.73. The van der Waals surface area contributed by atoms with Crippen molar-refractivity contribution < 1.29 is 14.3 Å². The second-order valence-electron chi connectivity index (χ2n) is 5.76. The molecule has 2 amide bonds. The molecule has 3 atom stereocenters. The second kappa shape index (κ2) is 7.59. The molecule has 1 aliphatic heterocycles. The molecule has 6 nitrogen and oxygen atoms in total. The van der Waals surface area contributed by atoms with Crippen LogP contribution in [0.4, 0.5) is 0 Å². The van der Waals surface area contributed by atoms with E-state index in [1.165, 1.54) is 0 Å². The van der Waals surface area contributed by atoms with E-state index in [0.717, 1.165) is 6.42 Å². The molecule has 1 saturated heterocycles. The quantitative estimate of drug-likeness (QED) is 0.751. The van der Waals surface area contributed by atoms with Gasteiger partial charge in [-0.25, -0.2) is 0 Å². The molecule has 2 unspecified atom stereocenters. The fourth-order valence-corrected chi connectivity index (χ4v) is 2.17. The first-order valence-corrected chi connectivity index (χ1v) is 7.31. The molecule has 1 fully saturated rings. The van der Waals surface area contributed by atoms with Gasteiger partial charge in [0.1, 0.15) is 0 Å². The first-order valence-electron chi connectivity index (χ1n) is 7.31. The third kappa shape index (κ3) is 4.76. The van der Waals surface area contributed by atoms with Crippen molar-refractivity contribution in [2.75, 3.05) is 19.6 Å². The van der Waals surface area contributed by atoms with Gasteiger partial charge in [0, 0.05) is 13.1 Å². The van der Waals surface area contributed by atoms with E-state index in [4.69, 9.17) is 10.5 Å². The lowest BCUT2D eigenvalue weighted by Crippen LogP contribution is -2.53. The van der Waals surface area contributed by atoms with E-state index in [2.05, 4.69) is 5.32 Å². The van der Waals surface area contributed by atoms with Gasteiger partial charge in [0.2, 0.25) is 11.8 Å². The van der Waals surface area contributed by atoms with Gasteiger partial charge in [0.05, 0.1) is 24.8 Å². The van der Waals surface area contributed by atoms with Crippen molar-refractivity contribution in [2.45, 2.75) is 52.4 Å². The number of nitrogens with one attached hydrogen (secondary N) is 1. The molecule has 1 rings (SSSR count). The molecule has 0 aliphatic carbocycles. The molecule has 0 aromatic carbocycles. The number of morpholine rings is 1. The van der Waals surface area contributed by atoms with E-state index in [1.54, 1.807) is 4.90 Å². The summed E-state index contributed by atoms with van der Waals surface area (Å²) in [7, 11) is 0. The van der Waals surface area contributed by atoms with E-state index < -0.39 is 6.04 Å². The van der Waals surface area contributed by atoms with Crippen LogP contribution in [0.3, 0.4) is 0 Å². The second-order valence-corrected chi connectivity index (χ2v) is 5.76.